The van der Waals surface area contributed by atoms with Crippen LogP contribution >= 0.6 is 0 Å². The molecule has 0 N–H and O–H groups in total. The molecule has 0 radical (unpaired) electrons. The van der Waals surface area contributed by atoms with E-state index in [1.165, 1.54) is 78.4 Å². The van der Waals surface area contributed by atoms with Gasteiger partial charge < -0.3 is 4.32 Å². The van der Waals surface area contributed by atoms with Crippen molar-refractivity contribution >= 4 is 29.5 Å². The molecule has 112 valence electrons. The van der Waals surface area contributed by atoms with E-state index >= 15 is 0 Å². The Bertz CT molecular complexity index is 240. The number of rotatable bonds is 3. The van der Waals surface area contributed by atoms with Crippen LogP contribution in [0.1, 0.15) is 84.0 Å². The molecule has 1 aliphatic rings. The number of halogens is 1. The summed E-state index contributed by atoms with van der Waals surface area (Å²) in [7, 11) is 4.92. The Kier molecular flexibility index (Phi) is 9.90. The van der Waals surface area contributed by atoms with Crippen LogP contribution in [-0.4, -0.2) is 29.5 Å². The SMILES string of the molecule is BBBC1CCCCCCCCC(C)(BF)CCCC1. The van der Waals surface area contributed by atoms with Gasteiger partial charge in [-0.2, -0.15) is 0 Å². The lowest BCUT2D eigenvalue weighted by Gasteiger charge is -2.26. The Hall–Kier alpha value is 0.190. The van der Waals surface area contributed by atoms with Crippen molar-refractivity contribution in [1.82, 2.24) is 0 Å². The van der Waals surface area contributed by atoms with Crippen molar-refractivity contribution in [3.05, 3.63) is 0 Å². The summed E-state index contributed by atoms with van der Waals surface area (Å²) < 4.78 is 13.3. The summed E-state index contributed by atoms with van der Waals surface area (Å²) in [5.41, 5.74) is 0. The van der Waals surface area contributed by atoms with E-state index in [2.05, 4.69) is 14.7 Å². The highest BCUT2D eigenvalue weighted by Crippen LogP contribution is 2.38. The molecule has 1 saturated carbocycles. The zero-order valence-electron chi connectivity index (χ0n) is 14.1. The molecule has 2 unspecified atom stereocenters. The Morgan fingerprint density at radius 2 is 1.40 bits per heavy atom. The number of hydrogen-bond acceptors (Lipinski definition) is 0. The highest BCUT2D eigenvalue weighted by Gasteiger charge is 2.25. The molecule has 0 aromatic heterocycles. The highest BCUT2D eigenvalue weighted by molar-refractivity contribution is 7.24. The van der Waals surface area contributed by atoms with E-state index in [0.29, 0.717) is 0 Å². The van der Waals surface area contributed by atoms with Gasteiger partial charge in [0.15, 0.2) is 0 Å². The van der Waals surface area contributed by atoms with Gasteiger partial charge in [0.2, 0.25) is 0 Å². The molecule has 0 spiro atoms. The fraction of sp³-hybridized carbons (Fsp3) is 1.00. The maximum atomic E-state index is 13.3. The van der Waals surface area contributed by atoms with Crippen LogP contribution in [0.2, 0.25) is 11.1 Å². The average molecular weight is 276 g/mol. The molecule has 5 heteroatoms. The quantitative estimate of drug-likeness (QED) is 0.693. The molecule has 0 aromatic carbocycles. The van der Waals surface area contributed by atoms with Gasteiger partial charge in [0.25, 0.3) is 0 Å². The van der Waals surface area contributed by atoms with Gasteiger partial charge in [-0.05, 0) is 5.31 Å². The topological polar surface area (TPSA) is 0 Å². The van der Waals surface area contributed by atoms with Gasteiger partial charge in [0, 0.05) is 0 Å². The Morgan fingerprint density at radius 1 is 0.900 bits per heavy atom. The zero-order chi connectivity index (χ0) is 14.7. The van der Waals surface area contributed by atoms with Gasteiger partial charge in [-0.15, -0.1) is 0 Å². The molecule has 1 aliphatic carbocycles. The summed E-state index contributed by atoms with van der Waals surface area (Å²) in [5.74, 6) is 0.944. The van der Waals surface area contributed by atoms with Crippen LogP contribution in [0.4, 0.5) is 4.32 Å². The first-order chi connectivity index (χ1) is 9.70. The summed E-state index contributed by atoms with van der Waals surface area (Å²) in [4.78, 5) is 0. The summed E-state index contributed by atoms with van der Waals surface area (Å²) in [6.45, 7) is 2.17. The Labute approximate surface area is 129 Å². The molecule has 0 aromatic rings. The van der Waals surface area contributed by atoms with E-state index in [9.17, 15) is 4.32 Å². The summed E-state index contributed by atoms with van der Waals surface area (Å²) in [6.07, 6.45) is 15.7. The molecular formula is C15H33B4F. The predicted octanol–water partition coefficient (Wildman–Crippen LogP) is 3.31. The minimum atomic E-state index is -0.120. The smallest absolute Gasteiger partial charge is 0.337 e. The van der Waals surface area contributed by atoms with Crippen LogP contribution in [0.25, 0.3) is 0 Å². The van der Waals surface area contributed by atoms with Gasteiger partial charge >= 0.3 is 7.56 Å². The summed E-state index contributed by atoms with van der Waals surface area (Å²) in [6, 6.07) is 0. The van der Waals surface area contributed by atoms with Crippen molar-refractivity contribution in [1.29, 1.82) is 0 Å². The van der Waals surface area contributed by atoms with Gasteiger partial charge in [0.05, 0.1) is 22.0 Å². The molecule has 0 aliphatic heterocycles. The van der Waals surface area contributed by atoms with Crippen molar-refractivity contribution < 1.29 is 4.32 Å². The van der Waals surface area contributed by atoms with Gasteiger partial charge in [-0.25, -0.2) is 0 Å². The van der Waals surface area contributed by atoms with Crippen LogP contribution in [0, 0.1) is 0 Å². The van der Waals surface area contributed by atoms with E-state index < -0.39 is 0 Å². The highest BCUT2D eigenvalue weighted by atomic mass is 19.1. The molecule has 20 heavy (non-hydrogen) atoms. The van der Waals surface area contributed by atoms with E-state index in [1.807, 2.05) is 0 Å². The van der Waals surface area contributed by atoms with Crippen LogP contribution in [-0.2, 0) is 0 Å². The first kappa shape index (κ1) is 18.2. The lowest BCUT2D eigenvalue weighted by Crippen LogP contribution is -2.15. The van der Waals surface area contributed by atoms with Crippen molar-refractivity contribution in [2.75, 3.05) is 0 Å². The lowest BCUT2D eigenvalue weighted by molar-refractivity contribution is 0.424. The van der Waals surface area contributed by atoms with Crippen molar-refractivity contribution in [3.8, 4) is 0 Å². The van der Waals surface area contributed by atoms with Gasteiger partial charge in [-0.1, -0.05) is 89.8 Å². The molecule has 2 atom stereocenters. The zero-order valence-corrected chi connectivity index (χ0v) is 14.1. The summed E-state index contributed by atoms with van der Waals surface area (Å²) >= 11 is 0. The van der Waals surface area contributed by atoms with Crippen LogP contribution in [0.15, 0.2) is 0 Å². The molecular weight excluding hydrogens is 242 g/mol. The second-order valence-corrected chi connectivity index (χ2v) is 7.50. The first-order valence-electron chi connectivity index (χ1n) is 9.26. The number of hydrogen-bond donors (Lipinski definition) is 0. The van der Waals surface area contributed by atoms with Crippen LogP contribution < -0.4 is 0 Å². The molecule has 0 saturated heterocycles. The van der Waals surface area contributed by atoms with E-state index in [0.717, 1.165) is 18.7 Å². The normalized spacial score (nSPS) is 31.0. The second kappa shape index (κ2) is 10.9. The third-order valence-corrected chi connectivity index (χ3v) is 5.30. The van der Waals surface area contributed by atoms with Crippen molar-refractivity contribution in [3.63, 3.8) is 0 Å². The molecule has 0 bridgehead atoms. The van der Waals surface area contributed by atoms with Crippen LogP contribution in [0.3, 0.4) is 0 Å². The third-order valence-electron chi connectivity index (χ3n) is 5.30. The van der Waals surface area contributed by atoms with Gasteiger partial charge in [-0.3, -0.25) is 0 Å². The second-order valence-electron chi connectivity index (χ2n) is 7.50. The largest absolute Gasteiger partial charge is 0.341 e. The van der Waals surface area contributed by atoms with Crippen molar-refractivity contribution in [2.45, 2.75) is 95.1 Å². The predicted molar refractivity (Wildman–Crippen MR) is 98.6 cm³/mol. The molecule has 0 heterocycles. The van der Waals surface area contributed by atoms with Gasteiger partial charge in [0.1, 0.15) is 0 Å². The Balaban J connectivity index is 2.42. The first-order valence-corrected chi connectivity index (χ1v) is 9.26. The fourth-order valence-electron chi connectivity index (χ4n) is 3.78. The molecule has 1 rings (SSSR count). The van der Waals surface area contributed by atoms with E-state index in [4.69, 9.17) is 0 Å². The standard InChI is InChI=1S/C15H33B4F/c1-15(18-20)12-8-5-3-2-4-6-10-14(17-19-16)11-7-9-13-15/h14,17-19H,2-13,16H2,1H3. The minimum Gasteiger partial charge on any atom is -0.341 e. The maximum Gasteiger partial charge on any atom is 0.337 e. The van der Waals surface area contributed by atoms with Crippen LogP contribution in [0.5, 0.6) is 0 Å². The lowest BCUT2D eigenvalue weighted by atomic mass is 9.23. The van der Waals surface area contributed by atoms with Crippen molar-refractivity contribution in [2.24, 2.45) is 0 Å². The monoisotopic (exact) mass is 276 g/mol. The van der Waals surface area contributed by atoms with E-state index in [1.54, 1.807) is 0 Å². The Morgan fingerprint density at radius 3 is 2.00 bits per heavy atom. The minimum absolute atomic E-state index is 0.0234. The fourth-order valence-corrected chi connectivity index (χ4v) is 3.78. The summed E-state index contributed by atoms with van der Waals surface area (Å²) in [5, 5.41) is -0.0234. The van der Waals surface area contributed by atoms with E-state index in [-0.39, 0.29) is 12.9 Å². The molecule has 0 amide bonds. The third kappa shape index (κ3) is 7.84. The molecule has 1 fully saturated rings. The molecule has 0 nitrogen and oxygen atoms in total. The maximum absolute atomic E-state index is 13.3. The average Bonchev–Trinajstić information content (AvgIpc) is 2.45.